The molecule has 31 heavy (non-hydrogen) atoms. The molecular weight excluding hydrogens is 384 g/mol. The lowest BCUT2D eigenvalue weighted by Gasteiger charge is -2.14. The molecule has 0 aliphatic rings. The van der Waals surface area contributed by atoms with Crippen LogP contribution in [0, 0.1) is 0 Å². The van der Waals surface area contributed by atoms with Crippen molar-refractivity contribution in [3.63, 3.8) is 0 Å². The summed E-state index contributed by atoms with van der Waals surface area (Å²) < 4.78 is 5.79. The molecular formula is C27H32N2O2. The topological polar surface area (TPSA) is 50.4 Å². The highest BCUT2D eigenvalue weighted by Crippen LogP contribution is 2.23. The van der Waals surface area contributed by atoms with Gasteiger partial charge < -0.3 is 15.4 Å². The first-order chi connectivity index (χ1) is 15.2. The molecule has 0 saturated heterocycles. The Balaban J connectivity index is 1.51. The zero-order chi connectivity index (χ0) is 21.9. The lowest BCUT2D eigenvalue weighted by Crippen LogP contribution is -2.34. The first-order valence-electron chi connectivity index (χ1n) is 11.0. The van der Waals surface area contributed by atoms with Crippen molar-refractivity contribution in [1.29, 1.82) is 0 Å². The molecule has 0 saturated carbocycles. The van der Waals surface area contributed by atoms with Gasteiger partial charge in [0.25, 0.3) is 5.91 Å². The molecule has 0 spiro atoms. The minimum Gasteiger partial charge on any atom is -0.494 e. The second-order valence-electron chi connectivity index (χ2n) is 7.83. The molecule has 2 N–H and O–H groups in total. The maximum absolute atomic E-state index is 12.6. The Bertz CT molecular complexity index is 922. The number of amides is 1. The van der Waals surface area contributed by atoms with Crippen molar-refractivity contribution in [2.45, 2.75) is 32.2 Å². The first kappa shape index (κ1) is 22.6. The number of ether oxygens (including phenoxy) is 1. The van der Waals surface area contributed by atoms with E-state index in [9.17, 15) is 4.79 Å². The molecule has 0 aliphatic heterocycles. The summed E-state index contributed by atoms with van der Waals surface area (Å²) in [5.74, 6) is 0.841. The fourth-order valence-corrected chi connectivity index (χ4v) is 3.48. The Hall–Kier alpha value is -3.11. The van der Waals surface area contributed by atoms with Gasteiger partial charge in [0.2, 0.25) is 0 Å². The SMILES string of the molecule is CNCCCCOc1ccc(-c2ccc(C(=O)N[C@H](C)Cc3ccccc3)cc2)cc1. The first-order valence-corrected chi connectivity index (χ1v) is 11.0. The largest absolute Gasteiger partial charge is 0.494 e. The maximum Gasteiger partial charge on any atom is 0.251 e. The van der Waals surface area contributed by atoms with Crippen LogP contribution < -0.4 is 15.4 Å². The molecule has 4 heteroatoms. The number of benzene rings is 3. The van der Waals surface area contributed by atoms with Crippen LogP contribution in [0.1, 0.15) is 35.7 Å². The highest BCUT2D eigenvalue weighted by molar-refractivity contribution is 5.94. The number of hydrogen-bond acceptors (Lipinski definition) is 3. The minimum atomic E-state index is -0.0444. The summed E-state index contributed by atoms with van der Waals surface area (Å²) in [4.78, 5) is 12.6. The van der Waals surface area contributed by atoms with Crippen LogP contribution in [0.25, 0.3) is 11.1 Å². The van der Waals surface area contributed by atoms with Gasteiger partial charge in [0.1, 0.15) is 5.75 Å². The molecule has 0 unspecified atom stereocenters. The second-order valence-corrected chi connectivity index (χ2v) is 7.83. The lowest BCUT2D eigenvalue weighted by molar-refractivity contribution is 0.0940. The average Bonchev–Trinajstić information content (AvgIpc) is 2.80. The quantitative estimate of drug-likeness (QED) is 0.428. The van der Waals surface area contributed by atoms with Crippen LogP contribution in [0.3, 0.4) is 0 Å². The second kappa shape index (κ2) is 11.9. The molecule has 3 rings (SSSR count). The summed E-state index contributed by atoms with van der Waals surface area (Å²) in [6, 6.07) is 26.1. The third-order valence-electron chi connectivity index (χ3n) is 5.19. The Labute approximate surface area is 185 Å². The third kappa shape index (κ3) is 7.26. The molecule has 0 heterocycles. The van der Waals surface area contributed by atoms with Crippen LogP contribution >= 0.6 is 0 Å². The van der Waals surface area contributed by atoms with E-state index in [2.05, 4.69) is 34.9 Å². The van der Waals surface area contributed by atoms with E-state index in [4.69, 9.17) is 4.74 Å². The molecule has 3 aromatic rings. The van der Waals surface area contributed by atoms with E-state index >= 15 is 0 Å². The van der Waals surface area contributed by atoms with Crippen LogP contribution in [0.5, 0.6) is 5.75 Å². The zero-order valence-corrected chi connectivity index (χ0v) is 18.4. The number of carbonyl (C=O) groups is 1. The number of unbranched alkanes of at least 4 members (excludes halogenated alkanes) is 1. The van der Waals surface area contributed by atoms with Crippen molar-refractivity contribution in [2.75, 3.05) is 20.2 Å². The van der Waals surface area contributed by atoms with Crippen LogP contribution in [-0.4, -0.2) is 32.1 Å². The van der Waals surface area contributed by atoms with Gasteiger partial charge in [0.15, 0.2) is 0 Å². The Kier molecular flexibility index (Phi) is 8.68. The summed E-state index contributed by atoms with van der Waals surface area (Å²) >= 11 is 0. The van der Waals surface area contributed by atoms with Crippen LogP contribution in [0.4, 0.5) is 0 Å². The molecule has 1 atom stereocenters. The van der Waals surface area contributed by atoms with Gasteiger partial charge in [-0.15, -0.1) is 0 Å². The Morgan fingerprint density at radius 3 is 2.16 bits per heavy atom. The molecule has 0 radical (unpaired) electrons. The van der Waals surface area contributed by atoms with E-state index in [1.807, 2.05) is 68.6 Å². The highest BCUT2D eigenvalue weighted by atomic mass is 16.5. The van der Waals surface area contributed by atoms with Crippen molar-refractivity contribution >= 4 is 5.91 Å². The fraction of sp³-hybridized carbons (Fsp3) is 0.296. The van der Waals surface area contributed by atoms with E-state index < -0.39 is 0 Å². The Morgan fingerprint density at radius 2 is 1.52 bits per heavy atom. The van der Waals surface area contributed by atoms with Crippen molar-refractivity contribution < 1.29 is 9.53 Å². The van der Waals surface area contributed by atoms with Gasteiger partial charge in [0.05, 0.1) is 6.61 Å². The summed E-state index contributed by atoms with van der Waals surface area (Å²) in [6.07, 6.45) is 2.96. The number of nitrogens with one attached hydrogen (secondary N) is 2. The highest BCUT2D eigenvalue weighted by Gasteiger charge is 2.10. The number of rotatable bonds is 11. The summed E-state index contributed by atoms with van der Waals surface area (Å²) in [5.41, 5.74) is 4.07. The zero-order valence-electron chi connectivity index (χ0n) is 18.4. The van der Waals surface area contributed by atoms with Crippen molar-refractivity contribution in [3.8, 4) is 16.9 Å². The molecule has 0 aromatic heterocycles. The minimum absolute atomic E-state index is 0.0444. The van der Waals surface area contributed by atoms with Gasteiger partial charge in [-0.3, -0.25) is 4.79 Å². The Morgan fingerprint density at radius 1 is 0.871 bits per heavy atom. The summed E-state index contributed by atoms with van der Waals surface area (Å²) in [5, 5.41) is 6.23. The monoisotopic (exact) mass is 416 g/mol. The number of carbonyl (C=O) groups excluding carboxylic acids is 1. The van der Waals surface area contributed by atoms with Crippen LogP contribution in [0.15, 0.2) is 78.9 Å². The molecule has 0 bridgehead atoms. The molecule has 0 aliphatic carbocycles. The van der Waals surface area contributed by atoms with E-state index in [0.717, 1.165) is 49.3 Å². The fourth-order valence-electron chi connectivity index (χ4n) is 3.48. The van der Waals surface area contributed by atoms with E-state index in [1.54, 1.807) is 0 Å². The smallest absolute Gasteiger partial charge is 0.251 e. The molecule has 0 fully saturated rings. The predicted octanol–water partition coefficient (Wildman–Crippen LogP) is 5.09. The standard InChI is InChI=1S/C27H32N2O2/c1-21(20-22-8-4-3-5-9-22)29-27(30)25-12-10-23(11-13-25)24-14-16-26(17-15-24)31-19-7-6-18-28-2/h3-5,8-17,21,28H,6-7,18-20H2,1-2H3,(H,29,30)/t21-/m1/s1. The van der Waals surface area contributed by atoms with Crippen LogP contribution in [-0.2, 0) is 6.42 Å². The normalized spacial score (nSPS) is 11.7. The van der Waals surface area contributed by atoms with Crippen molar-refractivity contribution in [1.82, 2.24) is 10.6 Å². The molecule has 1 amide bonds. The average molecular weight is 417 g/mol. The third-order valence-corrected chi connectivity index (χ3v) is 5.19. The van der Waals surface area contributed by atoms with Gasteiger partial charge in [-0.2, -0.15) is 0 Å². The van der Waals surface area contributed by atoms with E-state index in [0.29, 0.717) is 5.56 Å². The van der Waals surface area contributed by atoms with Crippen LogP contribution in [0.2, 0.25) is 0 Å². The predicted molar refractivity (Wildman–Crippen MR) is 128 cm³/mol. The maximum atomic E-state index is 12.6. The van der Waals surface area contributed by atoms with Crippen molar-refractivity contribution in [3.05, 3.63) is 90.0 Å². The van der Waals surface area contributed by atoms with Gasteiger partial charge in [-0.25, -0.2) is 0 Å². The summed E-state index contributed by atoms with van der Waals surface area (Å²) in [7, 11) is 1.96. The number of hydrogen-bond donors (Lipinski definition) is 2. The van der Waals surface area contributed by atoms with Gasteiger partial charge >= 0.3 is 0 Å². The molecule has 162 valence electrons. The summed E-state index contributed by atoms with van der Waals surface area (Å²) in [6.45, 7) is 3.78. The molecule has 4 nitrogen and oxygen atoms in total. The van der Waals surface area contributed by atoms with Crippen molar-refractivity contribution in [2.24, 2.45) is 0 Å². The van der Waals surface area contributed by atoms with Gasteiger partial charge in [-0.05, 0) is 80.7 Å². The lowest BCUT2D eigenvalue weighted by atomic mass is 10.0. The van der Waals surface area contributed by atoms with E-state index in [-0.39, 0.29) is 11.9 Å². The molecule has 3 aromatic carbocycles. The van der Waals surface area contributed by atoms with E-state index in [1.165, 1.54) is 5.56 Å². The van der Waals surface area contributed by atoms with Gasteiger partial charge in [-0.1, -0.05) is 54.6 Å². The van der Waals surface area contributed by atoms with Gasteiger partial charge in [0, 0.05) is 11.6 Å².